The fourth-order valence-corrected chi connectivity index (χ4v) is 1.44. The Kier molecular flexibility index (Phi) is 4.54. The van der Waals surface area contributed by atoms with E-state index in [9.17, 15) is 13.6 Å². The van der Waals surface area contributed by atoms with Gasteiger partial charge in [-0.1, -0.05) is 0 Å². The molecule has 0 saturated heterocycles. The molecule has 0 fully saturated rings. The highest BCUT2D eigenvalue weighted by molar-refractivity contribution is 5.74. The van der Waals surface area contributed by atoms with E-state index in [0.29, 0.717) is 0 Å². The number of halogens is 2. The lowest BCUT2D eigenvalue weighted by molar-refractivity contribution is -0.142. The van der Waals surface area contributed by atoms with Crippen molar-refractivity contribution >= 4 is 11.7 Å². The summed E-state index contributed by atoms with van der Waals surface area (Å²) in [5, 5.41) is 8.65. The molecule has 0 radical (unpaired) electrons. The molecular formula is C11H11F2N3O2. The van der Waals surface area contributed by atoms with E-state index in [1.165, 1.54) is 0 Å². The first-order chi connectivity index (χ1) is 8.51. The molecule has 0 saturated carbocycles. The van der Waals surface area contributed by atoms with Crippen LogP contribution in [0.25, 0.3) is 0 Å². The number of hydrogen-bond donors (Lipinski definition) is 1. The maximum absolute atomic E-state index is 12.9. The minimum absolute atomic E-state index is 0.0278. The number of carbonyl (C=O) groups excluding carboxylic acids is 1. The number of nitrogen functional groups attached to an aromatic ring is 1. The van der Waals surface area contributed by atoms with Crippen LogP contribution in [-0.4, -0.2) is 17.6 Å². The van der Waals surface area contributed by atoms with Crippen LogP contribution in [0.15, 0.2) is 6.20 Å². The van der Waals surface area contributed by atoms with E-state index in [1.807, 2.05) is 0 Å². The third kappa shape index (κ3) is 2.91. The van der Waals surface area contributed by atoms with E-state index in [1.54, 1.807) is 13.0 Å². The van der Waals surface area contributed by atoms with Gasteiger partial charge in [0.05, 0.1) is 18.7 Å². The van der Waals surface area contributed by atoms with Gasteiger partial charge in [-0.2, -0.15) is 5.26 Å². The van der Waals surface area contributed by atoms with Gasteiger partial charge >= 0.3 is 5.97 Å². The van der Waals surface area contributed by atoms with Crippen LogP contribution >= 0.6 is 0 Å². The third-order valence-corrected chi connectivity index (χ3v) is 2.20. The number of esters is 1. The summed E-state index contributed by atoms with van der Waals surface area (Å²) >= 11 is 0. The van der Waals surface area contributed by atoms with Crippen LogP contribution in [-0.2, 0) is 16.0 Å². The molecule has 0 aliphatic carbocycles. The first-order valence-electron chi connectivity index (χ1n) is 5.12. The highest BCUT2D eigenvalue weighted by atomic mass is 19.3. The van der Waals surface area contributed by atoms with Gasteiger partial charge in [-0.25, -0.2) is 13.8 Å². The van der Waals surface area contributed by atoms with Gasteiger partial charge in [0, 0.05) is 11.8 Å². The Morgan fingerprint density at radius 3 is 2.83 bits per heavy atom. The minimum atomic E-state index is -2.88. The zero-order valence-corrected chi connectivity index (χ0v) is 9.61. The quantitative estimate of drug-likeness (QED) is 0.825. The Morgan fingerprint density at radius 1 is 1.67 bits per heavy atom. The smallest absolute Gasteiger partial charge is 0.310 e. The maximum Gasteiger partial charge on any atom is 0.310 e. The highest BCUT2D eigenvalue weighted by Crippen LogP contribution is 2.30. The Hall–Kier alpha value is -2.23. The molecule has 1 aromatic rings. The maximum atomic E-state index is 12.9. The number of nitrogens with zero attached hydrogens (tertiary/aromatic N) is 2. The number of anilines is 1. The van der Waals surface area contributed by atoms with E-state index in [2.05, 4.69) is 9.72 Å². The van der Waals surface area contributed by atoms with Crippen LogP contribution in [0.1, 0.15) is 30.2 Å². The van der Waals surface area contributed by atoms with Gasteiger partial charge < -0.3 is 10.5 Å². The second kappa shape index (κ2) is 5.91. The van der Waals surface area contributed by atoms with Crippen LogP contribution in [0.2, 0.25) is 0 Å². The molecule has 0 amide bonds. The number of pyridine rings is 1. The standard InChI is InChI=1S/C11H11F2N3O2/c1-2-18-8(17)3-6-5-16-7(4-14)10(15)9(6)11(12)13/h5,11H,2-3,15H2,1H3. The Labute approximate surface area is 102 Å². The predicted octanol–water partition coefficient (Wildman–Crippen LogP) is 1.58. The van der Waals surface area contributed by atoms with Crippen LogP contribution in [0.3, 0.4) is 0 Å². The van der Waals surface area contributed by atoms with Gasteiger partial charge in [0.1, 0.15) is 6.07 Å². The first-order valence-corrected chi connectivity index (χ1v) is 5.12. The molecule has 96 valence electrons. The molecule has 0 aliphatic rings. The summed E-state index contributed by atoms with van der Waals surface area (Å²) < 4.78 is 30.4. The number of alkyl halides is 2. The fraction of sp³-hybridized carbons (Fsp3) is 0.364. The van der Waals surface area contributed by atoms with Gasteiger partial charge in [-0.05, 0) is 12.5 Å². The van der Waals surface area contributed by atoms with E-state index >= 15 is 0 Å². The molecule has 5 nitrogen and oxygen atoms in total. The molecule has 0 bridgehead atoms. The van der Waals surface area contributed by atoms with Crippen molar-refractivity contribution in [1.82, 2.24) is 4.98 Å². The van der Waals surface area contributed by atoms with E-state index in [4.69, 9.17) is 11.0 Å². The average Bonchev–Trinajstić information content (AvgIpc) is 2.29. The van der Waals surface area contributed by atoms with E-state index < -0.39 is 23.6 Å². The molecule has 0 atom stereocenters. The van der Waals surface area contributed by atoms with E-state index in [-0.39, 0.29) is 24.3 Å². The monoisotopic (exact) mass is 255 g/mol. The molecule has 18 heavy (non-hydrogen) atoms. The van der Waals surface area contributed by atoms with Crippen molar-refractivity contribution < 1.29 is 18.3 Å². The van der Waals surface area contributed by atoms with Crippen molar-refractivity contribution in [2.75, 3.05) is 12.3 Å². The van der Waals surface area contributed by atoms with Crippen molar-refractivity contribution in [2.45, 2.75) is 19.8 Å². The second-order valence-electron chi connectivity index (χ2n) is 3.35. The lowest BCUT2D eigenvalue weighted by atomic mass is 10.0. The van der Waals surface area contributed by atoms with Crippen molar-refractivity contribution in [1.29, 1.82) is 5.26 Å². The summed E-state index contributed by atoms with van der Waals surface area (Å²) in [6.07, 6.45) is -2.19. The summed E-state index contributed by atoms with van der Waals surface area (Å²) in [5.74, 6) is -0.648. The van der Waals surface area contributed by atoms with Gasteiger partial charge in [-0.3, -0.25) is 4.79 Å². The van der Waals surface area contributed by atoms with Crippen molar-refractivity contribution in [3.63, 3.8) is 0 Å². The number of nitriles is 1. The van der Waals surface area contributed by atoms with Crippen molar-refractivity contribution in [3.05, 3.63) is 23.0 Å². The highest BCUT2D eigenvalue weighted by Gasteiger charge is 2.22. The molecule has 0 aromatic carbocycles. The lowest BCUT2D eigenvalue weighted by Gasteiger charge is -2.11. The van der Waals surface area contributed by atoms with Gasteiger partial charge in [-0.15, -0.1) is 0 Å². The number of rotatable bonds is 4. The fourth-order valence-electron chi connectivity index (χ4n) is 1.44. The molecule has 7 heteroatoms. The number of hydrogen-bond acceptors (Lipinski definition) is 5. The number of ether oxygens (including phenoxy) is 1. The Bertz CT molecular complexity index is 498. The summed E-state index contributed by atoms with van der Waals surface area (Å²) in [6, 6.07) is 1.61. The predicted molar refractivity (Wildman–Crippen MR) is 58.7 cm³/mol. The molecule has 1 rings (SSSR count). The lowest BCUT2D eigenvalue weighted by Crippen LogP contribution is -2.12. The van der Waals surface area contributed by atoms with Crippen molar-refractivity contribution in [2.24, 2.45) is 0 Å². The molecule has 1 heterocycles. The topological polar surface area (TPSA) is 89.0 Å². The number of carbonyl (C=O) groups is 1. The molecule has 0 aliphatic heterocycles. The van der Waals surface area contributed by atoms with Crippen LogP contribution < -0.4 is 5.73 Å². The normalized spacial score (nSPS) is 10.2. The summed E-state index contributed by atoms with van der Waals surface area (Å²) in [5.41, 5.74) is 4.19. The zero-order valence-electron chi connectivity index (χ0n) is 9.61. The summed E-state index contributed by atoms with van der Waals surface area (Å²) in [4.78, 5) is 14.9. The van der Waals surface area contributed by atoms with Crippen molar-refractivity contribution in [3.8, 4) is 6.07 Å². The molecule has 1 aromatic heterocycles. The van der Waals surface area contributed by atoms with Gasteiger partial charge in [0.15, 0.2) is 5.69 Å². The first kappa shape index (κ1) is 13.8. The van der Waals surface area contributed by atoms with Crippen LogP contribution in [0.5, 0.6) is 0 Å². The molecular weight excluding hydrogens is 244 g/mol. The summed E-state index contributed by atoms with van der Waals surface area (Å²) in [7, 11) is 0. The zero-order chi connectivity index (χ0) is 13.7. The number of aromatic nitrogens is 1. The SMILES string of the molecule is CCOC(=O)Cc1cnc(C#N)c(N)c1C(F)F. The molecule has 0 spiro atoms. The summed E-state index contributed by atoms with van der Waals surface area (Å²) in [6.45, 7) is 1.76. The second-order valence-corrected chi connectivity index (χ2v) is 3.35. The average molecular weight is 255 g/mol. The number of nitrogens with two attached hydrogens (primary N) is 1. The van der Waals surface area contributed by atoms with Crippen LogP contribution in [0, 0.1) is 11.3 Å². The molecule has 0 unspecified atom stereocenters. The third-order valence-electron chi connectivity index (χ3n) is 2.20. The van der Waals surface area contributed by atoms with E-state index in [0.717, 1.165) is 6.20 Å². The Balaban J connectivity index is 3.17. The van der Waals surface area contributed by atoms with Gasteiger partial charge in [0.25, 0.3) is 6.43 Å². The Morgan fingerprint density at radius 2 is 2.33 bits per heavy atom. The minimum Gasteiger partial charge on any atom is -0.466 e. The van der Waals surface area contributed by atoms with Gasteiger partial charge in [0.2, 0.25) is 0 Å². The largest absolute Gasteiger partial charge is 0.466 e. The van der Waals surface area contributed by atoms with Crippen LogP contribution in [0.4, 0.5) is 14.5 Å². The molecule has 2 N–H and O–H groups in total.